The van der Waals surface area contributed by atoms with E-state index in [-0.39, 0.29) is 5.91 Å². The van der Waals surface area contributed by atoms with Crippen LogP contribution in [0.5, 0.6) is 5.75 Å². The fourth-order valence-corrected chi connectivity index (χ4v) is 4.22. The Morgan fingerprint density at radius 3 is 2.65 bits per heavy atom. The highest BCUT2D eigenvalue weighted by atomic mass is 32.1. The molecule has 0 radical (unpaired) electrons. The molecule has 2 aromatic carbocycles. The summed E-state index contributed by atoms with van der Waals surface area (Å²) in [6.45, 7) is 4.90. The summed E-state index contributed by atoms with van der Waals surface area (Å²) in [7, 11) is -1.85. The van der Waals surface area contributed by atoms with E-state index in [1.54, 1.807) is 49.4 Å². The minimum atomic E-state index is -1.85. The Bertz CT molecular complexity index is 1090. The first-order valence-corrected chi connectivity index (χ1v) is 12.3. The van der Waals surface area contributed by atoms with Crippen LogP contribution in [-0.4, -0.2) is 23.3 Å². The number of aliphatic hydroxyl groups is 1. The number of hydrogen-bond donors (Lipinski definition) is 3. The second kappa shape index (κ2) is 9.60. The molecule has 162 valence electrons. The van der Waals surface area contributed by atoms with Crippen molar-refractivity contribution in [3.8, 4) is 16.2 Å². The number of nitrogen functional groups attached to an aromatic ring is 1. The molecule has 0 fully saturated rings. The Labute approximate surface area is 186 Å². The number of hydrogen-bond acceptors (Lipinski definition) is 6. The number of thiophene rings is 1. The van der Waals surface area contributed by atoms with Crippen LogP contribution >= 0.6 is 19.4 Å². The van der Waals surface area contributed by atoms with E-state index in [9.17, 15) is 14.5 Å². The zero-order valence-electron chi connectivity index (χ0n) is 17.7. The number of aryl methyl sites for hydroxylation is 1. The predicted molar refractivity (Wildman–Crippen MR) is 127 cm³/mol. The van der Waals surface area contributed by atoms with E-state index in [0.29, 0.717) is 41.1 Å². The molecule has 3 aromatic rings. The van der Waals surface area contributed by atoms with Crippen LogP contribution in [0.25, 0.3) is 10.4 Å². The third-order valence-corrected chi connectivity index (χ3v) is 6.04. The molecule has 0 spiro atoms. The maximum absolute atomic E-state index is 12.9. The van der Waals surface area contributed by atoms with Gasteiger partial charge in [-0.1, -0.05) is 12.1 Å². The van der Waals surface area contributed by atoms with E-state index in [2.05, 4.69) is 5.32 Å². The van der Waals surface area contributed by atoms with Gasteiger partial charge in [0.25, 0.3) is 5.91 Å². The Balaban J connectivity index is 1.86. The van der Waals surface area contributed by atoms with Gasteiger partial charge in [-0.05, 0) is 78.6 Å². The van der Waals surface area contributed by atoms with Crippen LogP contribution in [0.4, 0.5) is 11.4 Å². The van der Waals surface area contributed by atoms with Crippen molar-refractivity contribution in [2.75, 3.05) is 17.7 Å². The normalized spacial score (nSPS) is 11.8. The number of rotatable bonds is 8. The number of carbonyl (C=O) groups is 1. The molecule has 1 aromatic heterocycles. The van der Waals surface area contributed by atoms with Crippen molar-refractivity contribution in [2.45, 2.75) is 32.3 Å². The predicted octanol–water partition coefficient (Wildman–Crippen LogP) is 5.70. The molecule has 1 heterocycles. The van der Waals surface area contributed by atoms with Crippen molar-refractivity contribution in [2.24, 2.45) is 0 Å². The molecule has 0 saturated carbocycles. The lowest BCUT2D eigenvalue weighted by Crippen LogP contribution is -2.19. The number of nitrogens with one attached hydrogen (secondary N) is 1. The Hall–Kier alpha value is -2.73. The molecule has 8 heteroatoms. The molecule has 4 N–H and O–H groups in total. The van der Waals surface area contributed by atoms with Gasteiger partial charge < -0.3 is 16.2 Å². The van der Waals surface area contributed by atoms with Gasteiger partial charge in [-0.25, -0.2) is 0 Å². The minimum absolute atomic E-state index is 0.313. The summed E-state index contributed by atoms with van der Waals surface area (Å²) in [4.78, 5) is 14.0. The molecule has 0 bridgehead atoms. The molecule has 31 heavy (non-hydrogen) atoms. The van der Waals surface area contributed by atoms with Crippen molar-refractivity contribution in [1.82, 2.24) is 0 Å². The maximum atomic E-state index is 12.9. The highest BCUT2D eigenvalue weighted by molar-refractivity contribution is 7.38. The van der Waals surface area contributed by atoms with Gasteiger partial charge in [0.1, 0.15) is 0 Å². The maximum Gasteiger partial charge on any atom is 0.552 e. The molecule has 1 amide bonds. The number of amides is 1. The molecule has 0 aliphatic rings. The third-order valence-electron chi connectivity index (χ3n) is 4.66. The second-order valence-electron chi connectivity index (χ2n) is 7.90. The van der Waals surface area contributed by atoms with Crippen molar-refractivity contribution in [1.29, 1.82) is 0 Å². The van der Waals surface area contributed by atoms with Crippen LogP contribution < -0.4 is 15.6 Å². The number of nitrogens with two attached hydrogens (primary N) is 1. The third kappa shape index (κ3) is 6.37. The Morgan fingerprint density at radius 2 is 2.00 bits per heavy atom. The van der Waals surface area contributed by atoms with E-state index in [4.69, 9.17) is 10.3 Å². The molecule has 0 saturated heterocycles. The Morgan fingerprint density at radius 1 is 1.23 bits per heavy atom. The number of anilines is 2. The lowest BCUT2D eigenvalue weighted by Gasteiger charge is -2.17. The average Bonchev–Trinajstić information content (AvgIpc) is 3.22. The highest BCUT2D eigenvalue weighted by Crippen LogP contribution is 2.32. The number of carbonyl (C=O) groups excluding carboxylic acids is 1. The van der Waals surface area contributed by atoms with Gasteiger partial charge in [0, 0.05) is 16.0 Å². The fraction of sp³-hybridized carbons (Fsp3) is 0.261. The van der Waals surface area contributed by atoms with Crippen molar-refractivity contribution >= 4 is 36.6 Å². The molecule has 1 atom stereocenters. The fourth-order valence-electron chi connectivity index (χ4n) is 3.04. The van der Waals surface area contributed by atoms with Gasteiger partial charge in [0.15, 0.2) is 12.4 Å². The lowest BCUT2D eigenvalue weighted by atomic mass is 9.97. The molecular weight excluding hydrogens is 431 g/mol. The zero-order valence-corrected chi connectivity index (χ0v) is 19.4. The monoisotopic (exact) mass is 457 g/mol. The second-order valence-corrected chi connectivity index (χ2v) is 9.91. The lowest BCUT2D eigenvalue weighted by molar-refractivity contribution is 0.0713. The Kier molecular flexibility index (Phi) is 7.11. The van der Waals surface area contributed by atoms with Crippen LogP contribution in [0, 0.1) is 0 Å². The van der Waals surface area contributed by atoms with Crippen LogP contribution in [-0.2, 0) is 11.0 Å². The highest BCUT2D eigenvalue weighted by Gasteiger charge is 2.20. The van der Waals surface area contributed by atoms with E-state index in [0.717, 1.165) is 10.4 Å². The van der Waals surface area contributed by atoms with E-state index in [1.807, 2.05) is 29.6 Å². The SMILES string of the molecule is C[P+](=O)Oc1ccc(C(=O)Nc2cc(-c3cccs3)ccc2N)cc1CCC(C)(C)O. The van der Waals surface area contributed by atoms with Gasteiger partial charge in [0.2, 0.25) is 0 Å². The summed E-state index contributed by atoms with van der Waals surface area (Å²) in [5, 5.41) is 14.9. The average molecular weight is 458 g/mol. The summed E-state index contributed by atoms with van der Waals surface area (Å²) >= 11 is 1.61. The molecular formula is C23H26N2O4PS+. The van der Waals surface area contributed by atoms with E-state index in [1.165, 1.54) is 6.66 Å². The summed E-state index contributed by atoms with van der Waals surface area (Å²) in [5.41, 5.74) is 8.32. The largest absolute Gasteiger partial charge is 0.552 e. The van der Waals surface area contributed by atoms with Crippen LogP contribution in [0.3, 0.4) is 0 Å². The van der Waals surface area contributed by atoms with Crippen LogP contribution in [0.2, 0.25) is 0 Å². The summed E-state index contributed by atoms with van der Waals surface area (Å²) in [5.74, 6) is 0.135. The van der Waals surface area contributed by atoms with Crippen molar-refractivity contribution in [3.63, 3.8) is 0 Å². The molecule has 6 nitrogen and oxygen atoms in total. The van der Waals surface area contributed by atoms with Crippen LogP contribution in [0.1, 0.15) is 36.2 Å². The topological polar surface area (TPSA) is 102 Å². The quantitative estimate of drug-likeness (QED) is 0.297. The van der Waals surface area contributed by atoms with Gasteiger partial charge in [0.05, 0.1) is 17.0 Å². The smallest absolute Gasteiger partial charge is 0.397 e. The minimum Gasteiger partial charge on any atom is -0.397 e. The first kappa shape index (κ1) is 22.9. The van der Waals surface area contributed by atoms with Gasteiger partial charge in [-0.3, -0.25) is 9.32 Å². The van der Waals surface area contributed by atoms with Crippen molar-refractivity contribution < 1.29 is 19.0 Å². The number of benzene rings is 2. The first-order chi connectivity index (χ1) is 14.6. The van der Waals surface area contributed by atoms with Gasteiger partial charge in [-0.2, -0.15) is 0 Å². The molecule has 1 unspecified atom stereocenters. The summed E-state index contributed by atoms with van der Waals surface area (Å²) in [6, 6.07) is 14.5. The van der Waals surface area contributed by atoms with Gasteiger partial charge >= 0.3 is 8.03 Å². The molecule has 3 rings (SSSR count). The van der Waals surface area contributed by atoms with Crippen molar-refractivity contribution in [3.05, 3.63) is 65.0 Å². The summed E-state index contributed by atoms with van der Waals surface area (Å²) in [6.07, 6.45) is 0.934. The molecule has 0 aliphatic heterocycles. The van der Waals surface area contributed by atoms with Crippen LogP contribution in [0.15, 0.2) is 53.9 Å². The van der Waals surface area contributed by atoms with Gasteiger partial charge in [-0.15, -0.1) is 11.3 Å². The zero-order chi connectivity index (χ0) is 22.6. The first-order valence-electron chi connectivity index (χ1n) is 9.81. The standard InChI is InChI=1S/C23H25N2O4PS/c1-23(2,27)11-10-15-13-17(7-9-20(15)29-30(3)28)22(26)25-19-14-16(6-8-18(19)24)21-5-4-12-31-21/h4-9,12-14,27H,10-11,24H2,1-3H3/p+1. The summed E-state index contributed by atoms with van der Waals surface area (Å²) < 4.78 is 17.0. The molecule has 0 aliphatic carbocycles. The van der Waals surface area contributed by atoms with E-state index >= 15 is 0 Å². The van der Waals surface area contributed by atoms with E-state index < -0.39 is 13.6 Å².